The highest BCUT2D eigenvalue weighted by atomic mass is 16.2. The van der Waals surface area contributed by atoms with Crippen molar-refractivity contribution in [1.82, 2.24) is 29.3 Å². The van der Waals surface area contributed by atoms with Crippen LogP contribution in [0, 0.1) is 12.8 Å². The number of aromatic amines is 1. The van der Waals surface area contributed by atoms with Crippen molar-refractivity contribution in [3.63, 3.8) is 0 Å². The molecule has 1 aliphatic heterocycles. The first kappa shape index (κ1) is 14.4. The highest BCUT2D eigenvalue weighted by Gasteiger charge is 2.41. The van der Waals surface area contributed by atoms with E-state index in [4.69, 9.17) is 0 Å². The zero-order valence-corrected chi connectivity index (χ0v) is 13.8. The number of carbonyl (C=O) groups excluding carboxylic acids is 1. The molecule has 2 atom stereocenters. The maximum absolute atomic E-state index is 12.9. The first-order valence-corrected chi connectivity index (χ1v) is 8.55. The Morgan fingerprint density at radius 3 is 3.00 bits per heavy atom. The van der Waals surface area contributed by atoms with E-state index in [9.17, 15) is 9.59 Å². The SMILES string of the molecule is Cc1c(C(=O)N2CC3CCC2C3)cnn1-c1nn2cccc2c(=O)[nH]1. The average molecular weight is 338 g/mol. The van der Waals surface area contributed by atoms with Crippen LogP contribution in [0.2, 0.25) is 0 Å². The van der Waals surface area contributed by atoms with E-state index in [-0.39, 0.29) is 11.5 Å². The van der Waals surface area contributed by atoms with Crippen LogP contribution < -0.4 is 5.56 Å². The fourth-order valence-corrected chi connectivity index (χ4v) is 4.19. The second kappa shape index (κ2) is 5.05. The molecule has 8 heteroatoms. The van der Waals surface area contributed by atoms with Gasteiger partial charge in [0.15, 0.2) is 0 Å². The molecule has 1 saturated heterocycles. The molecule has 4 heterocycles. The summed E-state index contributed by atoms with van der Waals surface area (Å²) in [7, 11) is 0. The lowest BCUT2D eigenvalue weighted by Crippen LogP contribution is -2.37. The fraction of sp³-hybridized carbons (Fsp3) is 0.412. The summed E-state index contributed by atoms with van der Waals surface area (Å²) in [4.78, 5) is 29.8. The molecular weight excluding hydrogens is 320 g/mol. The molecule has 128 valence electrons. The summed E-state index contributed by atoms with van der Waals surface area (Å²) in [5.41, 5.74) is 1.48. The molecule has 5 rings (SSSR count). The standard InChI is InChI=1S/C17H18N6O2/c1-10-13(16(25)21-9-11-4-5-12(21)7-11)8-18-23(10)17-19-15(24)14-3-2-6-22(14)20-17/h2-3,6,8,11-12H,4-5,7,9H2,1H3,(H,19,20,24). The van der Waals surface area contributed by atoms with Crippen molar-refractivity contribution in [2.75, 3.05) is 6.54 Å². The average Bonchev–Trinajstić information content (AvgIpc) is 3.37. The number of rotatable bonds is 2. The molecule has 0 radical (unpaired) electrons. The minimum Gasteiger partial charge on any atom is -0.335 e. The largest absolute Gasteiger partial charge is 0.335 e. The number of fused-ring (bicyclic) bond motifs is 3. The van der Waals surface area contributed by atoms with Gasteiger partial charge in [-0.2, -0.15) is 5.10 Å². The Hall–Kier alpha value is -2.90. The predicted molar refractivity (Wildman–Crippen MR) is 89.8 cm³/mol. The van der Waals surface area contributed by atoms with Crippen molar-refractivity contribution in [2.45, 2.75) is 32.2 Å². The Bertz CT molecular complexity index is 1050. The van der Waals surface area contributed by atoms with Gasteiger partial charge in [0.1, 0.15) is 5.52 Å². The van der Waals surface area contributed by atoms with Crippen molar-refractivity contribution in [3.8, 4) is 5.95 Å². The highest BCUT2D eigenvalue weighted by Crippen LogP contribution is 2.38. The van der Waals surface area contributed by atoms with Crippen LogP contribution in [0.1, 0.15) is 35.3 Å². The van der Waals surface area contributed by atoms with Gasteiger partial charge in [-0.15, -0.1) is 5.10 Å². The lowest BCUT2D eigenvalue weighted by atomic mass is 10.1. The van der Waals surface area contributed by atoms with Gasteiger partial charge in [0.2, 0.25) is 5.95 Å². The third-order valence-corrected chi connectivity index (χ3v) is 5.50. The number of H-pyrrole nitrogens is 1. The van der Waals surface area contributed by atoms with Gasteiger partial charge in [0, 0.05) is 18.8 Å². The minimum atomic E-state index is -0.241. The zero-order valence-electron chi connectivity index (χ0n) is 13.8. The number of hydrogen-bond donors (Lipinski definition) is 1. The predicted octanol–water partition coefficient (Wildman–Crippen LogP) is 1.14. The van der Waals surface area contributed by atoms with Crippen LogP contribution in [0.25, 0.3) is 11.5 Å². The molecule has 1 aliphatic carbocycles. The van der Waals surface area contributed by atoms with Gasteiger partial charge in [-0.25, -0.2) is 9.20 Å². The second-order valence-electron chi connectivity index (χ2n) is 6.96. The van der Waals surface area contributed by atoms with Crippen molar-refractivity contribution < 1.29 is 4.79 Å². The number of carbonyl (C=O) groups is 1. The van der Waals surface area contributed by atoms with E-state index in [0.29, 0.717) is 34.7 Å². The van der Waals surface area contributed by atoms with E-state index in [1.165, 1.54) is 15.6 Å². The fourth-order valence-electron chi connectivity index (χ4n) is 4.19. The topological polar surface area (TPSA) is 88.3 Å². The first-order chi connectivity index (χ1) is 12.1. The number of amides is 1. The Morgan fingerprint density at radius 2 is 2.24 bits per heavy atom. The van der Waals surface area contributed by atoms with Gasteiger partial charge >= 0.3 is 0 Å². The third-order valence-electron chi connectivity index (χ3n) is 5.50. The maximum Gasteiger partial charge on any atom is 0.276 e. The lowest BCUT2D eigenvalue weighted by molar-refractivity contribution is 0.0703. The first-order valence-electron chi connectivity index (χ1n) is 8.55. The zero-order chi connectivity index (χ0) is 17.1. The van der Waals surface area contributed by atoms with E-state index in [0.717, 1.165) is 19.4 Å². The van der Waals surface area contributed by atoms with Gasteiger partial charge < -0.3 is 4.90 Å². The molecule has 1 N–H and O–H groups in total. The van der Waals surface area contributed by atoms with E-state index >= 15 is 0 Å². The van der Waals surface area contributed by atoms with E-state index in [1.807, 2.05) is 11.8 Å². The molecule has 1 amide bonds. The monoisotopic (exact) mass is 338 g/mol. The summed E-state index contributed by atoms with van der Waals surface area (Å²) >= 11 is 0. The van der Waals surface area contributed by atoms with Crippen molar-refractivity contribution in [2.24, 2.45) is 5.92 Å². The molecule has 2 bridgehead atoms. The van der Waals surface area contributed by atoms with Crippen LogP contribution in [0.15, 0.2) is 29.3 Å². The Labute approximate surface area is 143 Å². The van der Waals surface area contributed by atoms with Gasteiger partial charge in [-0.1, -0.05) is 0 Å². The summed E-state index contributed by atoms with van der Waals surface area (Å²) in [6.07, 6.45) is 6.74. The lowest BCUT2D eigenvalue weighted by Gasteiger charge is -2.26. The Kier molecular flexibility index (Phi) is 2.92. The summed E-state index contributed by atoms with van der Waals surface area (Å²) < 4.78 is 3.03. The second-order valence-corrected chi connectivity index (χ2v) is 6.96. The molecule has 3 aromatic heterocycles. The highest BCUT2D eigenvalue weighted by molar-refractivity contribution is 5.95. The number of nitrogens with one attached hydrogen (secondary N) is 1. The van der Waals surface area contributed by atoms with Gasteiger partial charge in [0.25, 0.3) is 11.5 Å². The van der Waals surface area contributed by atoms with Crippen LogP contribution in [0.3, 0.4) is 0 Å². The van der Waals surface area contributed by atoms with Crippen LogP contribution in [-0.4, -0.2) is 47.8 Å². The van der Waals surface area contributed by atoms with Crippen LogP contribution in [0.4, 0.5) is 0 Å². The summed E-state index contributed by atoms with van der Waals surface area (Å²) in [6, 6.07) is 3.83. The van der Waals surface area contributed by atoms with E-state index in [2.05, 4.69) is 15.2 Å². The maximum atomic E-state index is 12.9. The smallest absolute Gasteiger partial charge is 0.276 e. The quantitative estimate of drug-likeness (QED) is 0.759. The van der Waals surface area contributed by atoms with Gasteiger partial charge in [-0.3, -0.25) is 14.6 Å². The molecule has 1 saturated carbocycles. The summed E-state index contributed by atoms with van der Waals surface area (Å²) in [6.45, 7) is 2.67. The van der Waals surface area contributed by atoms with Gasteiger partial charge in [-0.05, 0) is 44.2 Å². The van der Waals surface area contributed by atoms with Crippen molar-refractivity contribution >= 4 is 11.4 Å². The summed E-state index contributed by atoms with van der Waals surface area (Å²) in [5, 5.41) is 8.67. The molecule has 3 aromatic rings. The molecule has 25 heavy (non-hydrogen) atoms. The van der Waals surface area contributed by atoms with Crippen LogP contribution >= 0.6 is 0 Å². The van der Waals surface area contributed by atoms with Gasteiger partial charge in [0.05, 0.1) is 17.5 Å². The van der Waals surface area contributed by atoms with E-state index in [1.54, 1.807) is 24.5 Å². The number of hydrogen-bond acceptors (Lipinski definition) is 4. The Balaban J connectivity index is 1.53. The number of piperidine rings is 1. The Morgan fingerprint density at radius 1 is 1.36 bits per heavy atom. The molecule has 0 aromatic carbocycles. The van der Waals surface area contributed by atoms with Crippen molar-refractivity contribution in [1.29, 1.82) is 0 Å². The molecule has 2 fully saturated rings. The molecule has 2 aliphatic rings. The molecule has 0 spiro atoms. The number of likely N-dealkylation sites (tertiary alicyclic amines) is 1. The van der Waals surface area contributed by atoms with Crippen LogP contribution in [0.5, 0.6) is 0 Å². The minimum absolute atomic E-state index is 0.0281. The van der Waals surface area contributed by atoms with Crippen LogP contribution in [-0.2, 0) is 0 Å². The molecule has 2 unspecified atom stereocenters. The number of nitrogens with zero attached hydrogens (tertiary/aromatic N) is 5. The molecular formula is C17H18N6O2. The number of aromatic nitrogens is 5. The van der Waals surface area contributed by atoms with Crippen molar-refractivity contribution in [3.05, 3.63) is 46.1 Å². The van der Waals surface area contributed by atoms with E-state index < -0.39 is 0 Å². The normalized spacial score (nSPS) is 22.2. The third kappa shape index (κ3) is 2.06. The molecule has 8 nitrogen and oxygen atoms in total. The summed E-state index contributed by atoms with van der Waals surface area (Å²) in [5.74, 6) is 0.979.